The molecule has 0 saturated carbocycles. The number of nitrogens with zero attached hydrogens (tertiary/aromatic N) is 3. The molecule has 1 aromatic carbocycles. The summed E-state index contributed by atoms with van der Waals surface area (Å²) in [6, 6.07) is 9.60. The monoisotopic (exact) mass is 311 g/mol. The van der Waals surface area contributed by atoms with Crippen LogP contribution in [0.2, 0.25) is 5.02 Å². The molecule has 22 heavy (non-hydrogen) atoms. The summed E-state index contributed by atoms with van der Waals surface area (Å²) in [4.78, 5) is 4.18. The van der Waals surface area contributed by atoms with Crippen molar-refractivity contribution in [2.24, 2.45) is 7.05 Å². The van der Waals surface area contributed by atoms with Crippen molar-refractivity contribution in [3.05, 3.63) is 52.8 Å². The van der Waals surface area contributed by atoms with E-state index in [1.165, 1.54) is 0 Å². The Morgan fingerprint density at radius 1 is 1.32 bits per heavy atom. The molecule has 3 aromatic rings. The van der Waals surface area contributed by atoms with E-state index in [0.717, 1.165) is 22.2 Å². The highest BCUT2D eigenvalue weighted by Gasteiger charge is 2.17. The maximum Gasteiger partial charge on any atom is 0.102 e. The maximum atomic E-state index is 9.74. The number of benzene rings is 1. The number of hydrogen-bond acceptors (Lipinski definition) is 3. The van der Waals surface area contributed by atoms with Gasteiger partial charge in [-0.05, 0) is 36.8 Å². The number of aromatic nitrogens is 2. The highest BCUT2D eigenvalue weighted by atomic mass is 35.5. The molecule has 0 saturated heterocycles. The SMILES string of the molecule is CC(O)c1cncc(-c2c(C#N)c3ccc(Cl)cc3n2C)c1. The van der Waals surface area contributed by atoms with Gasteiger partial charge < -0.3 is 9.67 Å². The van der Waals surface area contributed by atoms with Gasteiger partial charge in [-0.3, -0.25) is 4.98 Å². The number of halogens is 1. The minimum Gasteiger partial charge on any atom is -0.389 e. The molecule has 1 atom stereocenters. The third-order valence-corrected chi connectivity index (χ3v) is 4.02. The number of aryl methyl sites for hydroxylation is 1. The lowest BCUT2D eigenvalue weighted by atomic mass is 10.0. The van der Waals surface area contributed by atoms with E-state index in [0.29, 0.717) is 16.1 Å². The first kappa shape index (κ1) is 14.6. The predicted molar refractivity (Wildman–Crippen MR) is 86.5 cm³/mol. The van der Waals surface area contributed by atoms with Gasteiger partial charge in [0.15, 0.2) is 0 Å². The number of aliphatic hydroxyl groups excluding tert-OH is 1. The minimum atomic E-state index is -0.609. The van der Waals surface area contributed by atoms with E-state index in [-0.39, 0.29) is 0 Å². The summed E-state index contributed by atoms with van der Waals surface area (Å²) in [7, 11) is 1.89. The van der Waals surface area contributed by atoms with Crippen LogP contribution in [0, 0.1) is 11.3 Å². The third-order valence-electron chi connectivity index (χ3n) is 3.79. The Labute approximate surface area is 133 Å². The standard InChI is InChI=1S/C17H14ClN3O/c1-10(22)11-5-12(9-20-8-11)17-15(7-19)14-4-3-13(18)6-16(14)21(17)2/h3-6,8-10,22H,1-2H3. The van der Waals surface area contributed by atoms with Gasteiger partial charge in [0, 0.05) is 35.4 Å². The molecule has 0 spiro atoms. The predicted octanol–water partition coefficient (Wildman–Crippen LogP) is 3.82. The molecule has 0 radical (unpaired) electrons. The van der Waals surface area contributed by atoms with E-state index >= 15 is 0 Å². The molecule has 110 valence electrons. The number of pyridine rings is 1. The average molecular weight is 312 g/mol. The van der Waals surface area contributed by atoms with E-state index in [4.69, 9.17) is 11.6 Å². The van der Waals surface area contributed by atoms with E-state index in [2.05, 4.69) is 11.1 Å². The molecule has 0 fully saturated rings. The largest absolute Gasteiger partial charge is 0.389 e. The van der Waals surface area contributed by atoms with E-state index < -0.39 is 6.10 Å². The average Bonchev–Trinajstić information content (AvgIpc) is 2.79. The van der Waals surface area contributed by atoms with Crippen molar-refractivity contribution in [3.63, 3.8) is 0 Å². The number of fused-ring (bicyclic) bond motifs is 1. The third kappa shape index (κ3) is 2.25. The van der Waals surface area contributed by atoms with Crippen LogP contribution in [0.1, 0.15) is 24.2 Å². The van der Waals surface area contributed by atoms with Crippen molar-refractivity contribution in [1.82, 2.24) is 9.55 Å². The second-order valence-corrected chi connectivity index (χ2v) is 5.68. The summed E-state index contributed by atoms with van der Waals surface area (Å²) >= 11 is 6.07. The van der Waals surface area contributed by atoms with Crippen LogP contribution in [0.5, 0.6) is 0 Å². The number of hydrogen-bond donors (Lipinski definition) is 1. The number of rotatable bonds is 2. The highest BCUT2D eigenvalue weighted by Crippen LogP contribution is 2.34. The van der Waals surface area contributed by atoms with Crippen LogP contribution in [0.15, 0.2) is 36.7 Å². The lowest BCUT2D eigenvalue weighted by molar-refractivity contribution is 0.199. The first-order valence-electron chi connectivity index (χ1n) is 6.84. The van der Waals surface area contributed by atoms with Crippen molar-refractivity contribution in [2.75, 3.05) is 0 Å². The molecular formula is C17H14ClN3O. The smallest absolute Gasteiger partial charge is 0.102 e. The summed E-state index contributed by atoms with van der Waals surface area (Å²) in [5, 5.41) is 20.8. The van der Waals surface area contributed by atoms with Gasteiger partial charge in [-0.15, -0.1) is 0 Å². The van der Waals surface area contributed by atoms with Crippen molar-refractivity contribution < 1.29 is 5.11 Å². The zero-order valence-corrected chi connectivity index (χ0v) is 13.0. The summed E-state index contributed by atoms with van der Waals surface area (Å²) in [5.41, 5.74) is 3.75. The van der Waals surface area contributed by atoms with Gasteiger partial charge in [0.25, 0.3) is 0 Å². The van der Waals surface area contributed by atoms with Gasteiger partial charge in [0.05, 0.1) is 22.9 Å². The molecule has 5 heteroatoms. The zero-order valence-electron chi connectivity index (χ0n) is 12.2. The molecule has 1 unspecified atom stereocenters. The van der Waals surface area contributed by atoms with Crippen LogP contribution in [0.4, 0.5) is 0 Å². The van der Waals surface area contributed by atoms with Gasteiger partial charge >= 0.3 is 0 Å². The second kappa shape index (κ2) is 5.45. The molecule has 1 N–H and O–H groups in total. The Morgan fingerprint density at radius 2 is 2.09 bits per heavy atom. The Kier molecular flexibility index (Phi) is 3.61. The molecule has 0 amide bonds. The fourth-order valence-electron chi connectivity index (χ4n) is 2.68. The lowest BCUT2D eigenvalue weighted by Gasteiger charge is -2.09. The van der Waals surface area contributed by atoms with Crippen LogP contribution >= 0.6 is 11.6 Å². The molecule has 3 rings (SSSR count). The molecule has 2 heterocycles. The van der Waals surface area contributed by atoms with Crippen molar-refractivity contribution in [3.8, 4) is 17.3 Å². The Balaban J connectivity index is 2.34. The van der Waals surface area contributed by atoms with Crippen LogP contribution in [-0.4, -0.2) is 14.7 Å². The molecule has 0 aliphatic carbocycles. The van der Waals surface area contributed by atoms with Crippen LogP contribution in [0.25, 0.3) is 22.2 Å². The van der Waals surface area contributed by atoms with Gasteiger partial charge in [-0.2, -0.15) is 5.26 Å². The minimum absolute atomic E-state index is 0.582. The zero-order chi connectivity index (χ0) is 15.9. The van der Waals surface area contributed by atoms with Crippen molar-refractivity contribution in [2.45, 2.75) is 13.0 Å². The topological polar surface area (TPSA) is 61.8 Å². The van der Waals surface area contributed by atoms with Gasteiger partial charge in [-0.25, -0.2) is 0 Å². The first-order chi connectivity index (χ1) is 10.5. The Morgan fingerprint density at radius 3 is 2.77 bits per heavy atom. The lowest BCUT2D eigenvalue weighted by Crippen LogP contribution is -1.97. The van der Waals surface area contributed by atoms with Crippen LogP contribution in [0.3, 0.4) is 0 Å². The van der Waals surface area contributed by atoms with E-state index in [1.54, 1.807) is 25.4 Å². The van der Waals surface area contributed by atoms with Crippen LogP contribution in [-0.2, 0) is 7.05 Å². The fourth-order valence-corrected chi connectivity index (χ4v) is 2.84. The number of nitriles is 1. The quantitative estimate of drug-likeness (QED) is 0.782. The van der Waals surface area contributed by atoms with Gasteiger partial charge in [0.2, 0.25) is 0 Å². The van der Waals surface area contributed by atoms with Gasteiger partial charge in [0.1, 0.15) is 6.07 Å². The number of aliphatic hydroxyl groups is 1. The molecule has 0 aliphatic rings. The van der Waals surface area contributed by atoms with Gasteiger partial charge in [-0.1, -0.05) is 11.6 Å². The first-order valence-corrected chi connectivity index (χ1v) is 7.22. The second-order valence-electron chi connectivity index (χ2n) is 5.24. The summed E-state index contributed by atoms with van der Waals surface area (Å²) < 4.78 is 1.93. The molecular weight excluding hydrogens is 298 g/mol. The summed E-state index contributed by atoms with van der Waals surface area (Å²) in [5.74, 6) is 0. The molecule has 2 aromatic heterocycles. The molecule has 0 aliphatic heterocycles. The summed E-state index contributed by atoms with van der Waals surface area (Å²) in [6.45, 7) is 1.69. The van der Waals surface area contributed by atoms with E-state index in [1.807, 2.05) is 29.8 Å². The fraction of sp³-hybridized carbons (Fsp3) is 0.176. The maximum absolute atomic E-state index is 9.74. The molecule has 0 bridgehead atoms. The highest BCUT2D eigenvalue weighted by molar-refractivity contribution is 6.31. The molecule has 4 nitrogen and oxygen atoms in total. The normalized spacial score (nSPS) is 12.3. The van der Waals surface area contributed by atoms with E-state index in [9.17, 15) is 10.4 Å². The Bertz CT molecular complexity index is 906. The van der Waals surface area contributed by atoms with Crippen molar-refractivity contribution in [1.29, 1.82) is 5.26 Å². The van der Waals surface area contributed by atoms with Crippen molar-refractivity contribution >= 4 is 22.5 Å². The summed E-state index contributed by atoms with van der Waals surface area (Å²) in [6.07, 6.45) is 2.71. The Hall–Kier alpha value is -2.35. The van der Waals surface area contributed by atoms with Crippen LogP contribution < -0.4 is 0 Å².